The largest absolute Gasteiger partial charge is 0.369 e. The topological polar surface area (TPSA) is 29.3 Å². The molecule has 1 heterocycles. The zero-order valence-corrected chi connectivity index (χ0v) is 12.9. The maximum absolute atomic E-state index is 14.3. The zero-order chi connectivity index (χ0) is 14.7. The summed E-state index contributed by atoms with van der Waals surface area (Å²) in [5.41, 5.74) is 7.69. The normalized spacial score (nSPS) is 20.7. The first-order valence-electron chi connectivity index (χ1n) is 7.80. The van der Waals surface area contributed by atoms with Crippen molar-refractivity contribution in [3.63, 3.8) is 0 Å². The van der Waals surface area contributed by atoms with Gasteiger partial charge in [-0.25, -0.2) is 4.39 Å². The van der Waals surface area contributed by atoms with Crippen molar-refractivity contribution in [3.05, 3.63) is 29.6 Å². The van der Waals surface area contributed by atoms with Crippen molar-refractivity contribution in [1.82, 2.24) is 0 Å². The van der Waals surface area contributed by atoms with Crippen LogP contribution in [0.4, 0.5) is 10.1 Å². The van der Waals surface area contributed by atoms with Crippen LogP contribution in [0.2, 0.25) is 0 Å². The minimum atomic E-state index is -0.102. The van der Waals surface area contributed by atoms with Crippen molar-refractivity contribution in [3.8, 4) is 0 Å². The Balaban J connectivity index is 2.07. The van der Waals surface area contributed by atoms with Crippen molar-refractivity contribution >= 4 is 5.69 Å². The zero-order valence-electron chi connectivity index (χ0n) is 12.9. The van der Waals surface area contributed by atoms with E-state index >= 15 is 0 Å². The molecular formula is C17H27FN2. The first-order chi connectivity index (χ1) is 9.51. The molecule has 2 rings (SSSR count). The molecule has 1 aromatic rings. The fraction of sp³-hybridized carbons (Fsp3) is 0.647. The minimum Gasteiger partial charge on any atom is -0.369 e. The molecular weight excluding hydrogens is 251 g/mol. The number of rotatable bonds is 5. The Morgan fingerprint density at radius 2 is 2.15 bits per heavy atom. The molecule has 2 N–H and O–H groups in total. The summed E-state index contributed by atoms with van der Waals surface area (Å²) in [6, 6.07) is 5.73. The highest BCUT2D eigenvalue weighted by atomic mass is 19.1. The Kier molecular flexibility index (Phi) is 5.03. The lowest BCUT2D eigenvalue weighted by Gasteiger charge is -2.21. The van der Waals surface area contributed by atoms with Crippen LogP contribution >= 0.6 is 0 Å². The van der Waals surface area contributed by atoms with E-state index in [0.29, 0.717) is 11.8 Å². The Morgan fingerprint density at radius 1 is 1.40 bits per heavy atom. The average molecular weight is 278 g/mol. The quantitative estimate of drug-likeness (QED) is 0.892. The summed E-state index contributed by atoms with van der Waals surface area (Å²) in [4.78, 5) is 2.18. The van der Waals surface area contributed by atoms with E-state index in [1.807, 2.05) is 12.1 Å². The summed E-state index contributed by atoms with van der Waals surface area (Å²) in [5.74, 6) is 1.25. The smallest absolute Gasteiger partial charge is 0.146 e. The van der Waals surface area contributed by atoms with Gasteiger partial charge in [-0.15, -0.1) is 0 Å². The van der Waals surface area contributed by atoms with Gasteiger partial charge in [0.15, 0.2) is 0 Å². The van der Waals surface area contributed by atoms with Crippen LogP contribution in [0.25, 0.3) is 0 Å². The standard InChI is InChI=1S/C17H27FN2/c1-4-15(19)9-13-5-6-17(16(18)10-13)20-8-7-14(11-20)12(2)3/h5-6,10,12,14-15H,4,7-9,11,19H2,1-3H3. The summed E-state index contributed by atoms with van der Waals surface area (Å²) >= 11 is 0. The Hall–Kier alpha value is -1.09. The van der Waals surface area contributed by atoms with Crippen LogP contribution in [-0.2, 0) is 6.42 Å². The highest BCUT2D eigenvalue weighted by molar-refractivity contribution is 5.50. The number of benzene rings is 1. The molecule has 2 nitrogen and oxygen atoms in total. The number of anilines is 1. The van der Waals surface area contributed by atoms with Crippen LogP contribution in [0, 0.1) is 17.7 Å². The van der Waals surface area contributed by atoms with Gasteiger partial charge in [0, 0.05) is 19.1 Å². The van der Waals surface area contributed by atoms with Crippen molar-refractivity contribution in [2.45, 2.75) is 46.1 Å². The number of hydrogen-bond donors (Lipinski definition) is 1. The monoisotopic (exact) mass is 278 g/mol. The molecule has 3 heteroatoms. The first-order valence-corrected chi connectivity index (χ1v) is 7.80. The molecule has 0 aliphatic carbocycles. The molecule has 1 aliphatic rings. The molecule has 1 aliphatic heterocycles. The molecule has 0 spiro atoms. The van der Waals surface area contributed by atoms with E-state index in [1.54, 1.807) is 6.07 Å². The second-order valence-corrected chi connectivity index (χ2v) is 6.40. The van der Waals surface area contributed by atoms with Crippen molar-refractivity contribution in [2.24, 2.45) is 17.6 Å². The third-order valence-corrected chi connectivity index (χ3v) is 4.54. The number of halogens is 1. The Labute approximate surface area is 122 Å². The molecule has 0 saturated carbocycles. The van der Waals surface area contributed by atoms with Gasteiger partial charge < -0.3 is 10.6 Å². The van der Waals surface area contributed by atoms with E-state index in [4.69, 9.17) is 5.73 Å². The van der Waals surface area contributed by atoms with Crippen LogP contribution in [-0.4, -0.2) is 19.1 Å². The van der Waals surface area contributed by atoms with Gasteiger partial charge in [0.25, 0.3) is 0 Å². The van der Waals surface area contributed by atoms with Gasteiger partial charge in [0.2, 0.25) is 0 Å². The molecule has 112 valence electrons. The number of nitrogens with two attached hydrogens (primary N) is 1. The van der Waals surface area contributed by atoms with Crippen LogP contribution in [0.5, 0.6) is 0 Å². The molecule has 2 atom stereocenters. The van der Waals surface area contributed by atoms with Crippen LogP contribution in [0.15, 0.2) is 18.2 Å². The third kappa shape index (κ3) is 3.51. The maximum atomic E-state index is 14.3. The summed E-state index contributed by atoms with van der Waals surface area (Å²) in [6.45, 7) is 8.50. The molecule has 2 unspecified atom stereocenters. The van der Waals surface area contributed by atoms with E-state index in [1.165, 1.54) is 6.42 Å². The van der Waals surface area contributed by atoms with Gasteiger partial charge in [-0.05, 0) is 48.8 Å². The Morgan fingerprint density at radius 3 is 2.70 bits per heavy atom. The van der Waals surface area contributed by atoms with E-state index in [9.17, 15) is 4.39 Å². The summed E-state index contributed by atoms with van der Waals surface area (Å²) in [5, 5.41) is 0. The lowest BCUT2D eigenvalue weighted by molar-refractivity contribution is 0.422. The van der Waals surface area contributed by atoms with Gasteiger partial charge >= 0.3 is 0 Å². The fourth-order valence-electron chi connectivity index (χ4n) is 2.93. The van der Waals surface area contributed by atoms with Crippen LogP contribution < -0.4 is 10.6 Å². The van der Waals surface area contributed by atoms with Gasteiger partial charge in [-0.3, -0.25) is 0 Å². The SMILES string of the molecule is CCC(N)Cc1ccc(N2CCC(C(C)C)C2)c(F)c1. The molecule has 0 amide bonds. The van der Waals surface area contributed by atoms with Gasteiger partial charge in [0.05, 0.1) is 5.69 Å². The highest BCUT2D eigenvalue weighted by Crippen LogP contribution is 2.30. The molecule has 0 aromatic heterocycles. The number of nitrogens with zero attached hydrogens (tertiary/aromatic N) is 1. The van der Waals surface area contributed by atoms with E-state index in [-0.39, 0.29) is 11.9 Å². The summed E-state index contributed by atoms with van der Waals surface area (Å²) in [6.07, 6.45) is 2.84. The predicted octanol–water partition coefficient (Wildman–Crippen LogP) is 3.59. The second-order valence-electron chi connectivity index (χ2n) is 6.40. The fourth-order valence-corrected chi connectivity index (χ4v) is 2.93. The van der Waals surface area contributed by atoms with E-state index in [0.717, 1.165) is 37.2 Å². The molecule has 20 heavy (non-hydrogen) atoms. The molecule has 1 saturated heterocycles. The van der Waals surface area contributed by atoms with Gasteiger partial charge in [0.1, 0.15) is 5.82 Å². The van der Waals surface area contributed by atoms with Crippen molar-refractivity contribution in [2.75, 3.05) is 18.0 Å². The van der Waals surface area contributed by atoms with Crippen molar-refractivity contribution in [1.29, 1.82) is 0 Å². The van der Waals surface area contributed by atoms with Gasteiger partial charge in [-0.2, -0.15) is 0 Å². The lowest BCUT2D eigenvalue weighted by atomic mass is 9.95. The minimum absolute atomic E-state index is 0.102. The van der Waals surface area contributed by atoms with E-state index < -0.39 is 0 Å². The maximum Gasteiger partial charge on any atom is 0.146 e. The highest BCUT2D eigenvalue weighted by Gasteiger charge is 2.26. The van der Waals surface area contributed by atoms with Crippen molar-refractivity contribution < 1.29 is 4.39 Å². The molecule has 0 radical (unpaired) electrons. The van der Waals surface area contributed by atoms with Crippen LogP contribution in [0.1, 0.15) is 39.2 Å². The third-order valence-electron chi connectivity index (χ3n) is 4.54. The predicted molar refractivity (Wildman–Crippen MR) is 83.5 cm³/mol. The molecule has 1 aromatic carbocycles. The van der Waals surface area contributed by atoms with Crippen LogP contribution in [0.3, 0.4) is 0 Å². The second kappa shape index (κ2) is 6.57. The Bertz CT molecular complexity index is 445. The van der Waals surface area contributed by atoms with Gasteiger partial charge in [-0.1, -0.05) is 26.8 Å². The average Bonchev–Trinajstić information content (AvgIpc) is 2.88. The molecule has 1 fully saturated rings. The summed E-state index contributed by atoms with van der Waals surface area (Å²) < 4.78 is 14.3. The lowest BCUT2D eigenvalue weighted by Crippen LogP contribution is -2.23. The van der Waals surface area contributed by atoms with E-state index in [2.05, 4.69) is 25.7 Å². The number of hydrogen-bond acceptors (Lipinski definition) is 2. The first kappa shape index (κ1) is 15.3. The summed E-state index contributed by atoms with van der Waals surface area (Å²) in [7, 11) is 0. The molecule has 0 bridgehead atoms.